The van der Waals surface area contributed by atoms with Gasteiger partial charge in [-0.25, -0.2) is 0 Å². The van der Waals surface area contributed by atoms with Crippen LogP contribution in [0.1, 0.15) is 19.8 Å². The number of rotatable bonds is 3. The Hall–Kier alpha value is 0.0274. The van der Waals surface area contributed by atoms with Gasteiger partial charge in [-0.2, -0.15) is 0 Å². The molecule has 0 aliphatic heterocycles. The first-order valence-electron chi connectivity index (χ1n) is 3.07. The zero-order chi connectivity index (χ0) is 6.91. The van der Waals surface area contributed by atoms with E-state index in [2.05, 4.69) is 0 Å². The molecule has 0 amide bonds. The van der Waals surface area contributed by atoms with Gasteiger partial charge in [0.15, 0.2) is 0 Å². The van der Waals surface area contributed by atoms with Gasteiger partial charge in [0.25, 0.3) is 0 Å². The largest absolute Gasteiger partial charge is 1.00 e. The zero-order valence-corrected chi connectivity index (χ0v) is 6.35. The number of hydrogen-bond donors (Lipinski definition) is 0. The van der Waals surface area contributed by atoms with E-state index in [0.29, 0.717) is 19.4 Å². The summed E-state index contributed by atoms with van der Waals surface area (Å²) >= 11 is 0. The van der Waals surface area contributed by atoms with Crippen molar-refractivity contribution in [2.45, 2.75) is 25.4 Å². The topological polar surface area (TPSA) is 49.4 Å². The van der Waals surface area contributed by atoms with Crippen molar-refractivity contribution in [2.24, 2.45) is 0 Å². The molecule has 0 N–H and O–H groups in total. The van der Waals surface area contributed by atoms with E-state index in [-0.39, 0.29) is 18.9 Å². The zero-order valence-electron chi connectivity index (χ0n) is 6.35. The maximum absolute atomic E-state index is 10.2. The maximum atomic E-state index is 10.2. The summed E-state index contributed by atoms with van der Waals surface area (Å²) in [5.41, 5.74) is -0.894. The predicted octanol–water partition coefficient (Wildman–Crippen LogP) is -3.69. The van der Waals surface area contributed by atoms with Gasteiger partial charge in [0, 0.05) is 6.61 Å². The Morgan fingerprint density at radius 3 is 2.30 bits per heavy atom. The van der Waals surface area contributed by atoms with Crippen LogP contribution in [-0.2, 0) is 9.53 Å². The third kappa shape index (κ3) is 1.76. The third-order valence-corrected chi connectivity index (χ3v) is 1.50. The van der Waals surface area contributed by atoms with Crippen molar-refractivity contribution in [3.05, 3.63) is 0 Å². The number of ether oxygens (including phenoxy) is 1. The predicted molar refractivity (Wildman–Crippen MR) is 28.6 cm³/mol. The average molecular weight is 136 g/mol. The second-order valence-corrected chi connectivity index (χ2v) is 2.21. The molecule has 0 unspecified atom stereocenters. The summed E-state index contributed by atoms with van der Waals surface area (Å²) in [6, 6.07) is 0. The molecule has 0 aromatic heterocycles. The molecular weight excluding hydrogens is 127 g/mol. The van der Waals surface area contributed by atoms with E-state index in [4.69, 9.17) is 4.74 Å². The van der Waals surface area contributed by atoms with Crippen molar-refractivity contribution in [1.82, 2.24) is 0 Å². The van der Waals surface area contributed by atoms with Crippen LogP contribution in [0.15, 0.2) is 0 Å². The summed E-state index contributed by atoms with van der Waals surface area (Å²) in [5.74, 6) is -1.07. The second-order valence-electron chi connectivity index (χ2n) is 2.21. The summed E-state index contributed by atoms with van der Waals surface area (Å²) in [7, 11) is 0. The molecule has 1 aliphatic rings. The van der Waals surface area contributed by atoms with Crippen LogP contribution in [0.3, 0.4) is 0 Å². The molecule has 0 saturated heterocycles. The van der Waals surface area contributed by atoms with Crippen molar-refractivity contribution in [3.63, 3.8) is 0 Å². The molecule has 1 saturated carbocycles. The number of aliphatic carboxylic acids is 1. The fourth-order valence-electron chi connectivity index (χ4n) is 0.797. The van der Waals surface area contributed by atoms with Crippen molar-refractivity contribution in [2.75, 3.05) is 6.61 Å². The molecule has 0 heterocycles. The molecule has 1 aliphatic carbocycles. The van der Waals surface area contributed by atoms with E-state index in [9.17, 15) is 9.90 Å². The molecule has 10 heavy (non-hydrogen) atoms. The Morgan fingerprint density at radius 2 is 2.20 bits per heavy atom. The first kappa shape index (κ1) is 10.0. The molecule has 0 radical (unpaired) electrons. The summed E-state index contributed by atoms with van der Waals surface area (Å²) in [5, 5.41) is 10.2. The van der Waals surface area contributed by atoms with E-state index in [1.165, 1.54) is 0 Å². The molecule has 4 heteroatoms. The van der Waals surface area contributed by atoms with Crippen molar-refractivity contribution in [1.29, 1.82) is 0 Å². The van der Waals surface area contributed by atoms with Gasteiger partial charge in [-0.05, 0) is 19.8 Å². The first-order valence-corrected chi connectivity index (χ1v) is 3.07. The average Bonchev–Trinajstić information content (AvgIpc) is 2.49. The molecule has 3 nitrogen and oxygen atoms in total. The molecule has 0 aromatic carbocycles. The van der Waals surface area contributed by atoms with E-state index >= 15 is 0 Å². The minimum Gasteiger partial charge on any atom is -0.547 e. The minimum absolute atomic E-state index is 0. The first-order chi connectivity index (χ1) is 4.21. The third-order valence-electron chi connectivity index (χ3n) is 1.50. The van der Waals surface area contributed by atoms with Crippen LogP contribution in [-0.4, -0.2) is 18.2 Å². The van der Waals surface area contributed by atoms with Crippen LogP contribution in [0.5, 0.6) is 0 Å². The normalized spacial score (nSPS) is 19.3. The Morgan fingerprint density at radius 1 is 1.70 bits per heavy atom. The maximum Gasteiger partial charge on any atom is 1.00 e. The van der Waals surface area contributed by atoms with Gasteiger partial charge >= 0.3 is 18.9 Å². The van der Waals surface area contributed by atoms with E-state index in [1.807, 2.05) is 0 Å². The van der Waals surface area contributed by atoms with Crippen LogP contribution in [0.2, 0.25) is 0 Å². The molecule has 0 atom stereocenters. The Bertz CT molecular complexity index is 131. The Labute approximate surface area is 71.9 Å². The monoisotopic (exact) mass is 136 g/mol. The number of carbonyl (C=O) groups is 1. The quantitative estimate of drug-likeness (QED) is 0.375. The van der Waals surface area contributed by atoms with Crippen molar-refractivity contribution in [3.8, 4) is 0 Å². The fourth-order valence-corrected chi connectivity index (χ4v) is 0.797. The van der Waals surface area contributed by atoms with E-state index in [0.717, 1.165) is 0 Å². The molecule has 0 aromatic rings. The smallest absolute Gasteiger partial charge is 0.547 e. The Balaban J connectivity index is 0.000000810. The number of carboxylic acids is 1. The van der Waals surface area contributed by atoms with Gasteiger partial charge in [-0.3, -0.25) is 0 Å². The summed E-state index contributed by atoms with van der Waals surface area (Å²) < 4.78 is 4.94. The summed E-state index contributed by atoms with van der Waals surface area (Å²) in [6.45, 7) is 2.23. The van der Waals surface area contributed by atoms with Gasteiger partial charge in [-0.15, -0.1) is 0 Å². The summed E-state index contributed by atoms with van der Waals surface area (Å²) in [4.78, 5) is 10.2. The summed E-state index contributed by atoms with van der Waals surface area (Å²) in [6.07, 6.45) is 1.23. The molecule has 1 rings (SSSR count). The van der Waals surface area contributed by atoms with E-state index in [1.54, 1.807) is 6.92 Å². The number of carboxylic acid groups (broad SMARTS) is 1. The molecule has 0 spiro atoms. The fraction of sp³-hybridized carbons (Fsp3) is 0.833. The van der Waals surface area contributed by atoms with Crippen LogP contribution >= 0.6 is 0 Å². The molecule has 52 valence electrons. The van der Waals surface area contributed by atoms with Crippen LogP contribution in [0.25, 0.3) is 0 Å². The van der Waals surface area contributed by atoms with Crippen LogP contribution in [0.4, 0.5) is 0 Å². The van der Waals surface area contributed by atoms with Gasteiger partial charge in [-0.1, -0.05) is 0 Å². The number of hydrogen-bond acceptors (Lipinski definition) is 3. The van der Waals surface area contributed by atoms with E-state index < -0.39 is 11.6 Å². The number of carbonyl (C=O) groups excluding carboxylic acids is 1. The molecular formula is C6H9LiO3. The van der Waals surface area contributed by atoms with Crippen molar-refractivity contribution >= 4 is 5.97 Å². The van der Waals surface area contributed by atoms with Gasteiger partial charge in [0.05, 0.1) is 5.97 Å². The van der Waals surface area contributed by atoms with Gasteiger partial charge in [0.2, 0.25) is 0 Å². The molecule has 1 fully saturated rings. The van der Waals surface area contributed by atoms with Gasteiger partial charge < -0.3 is 14.6 Å². The standard InChI is InChI=1S/C6H10O3.Li/c1-2-9-6(3-4-6)5(7)8;/h2-4H2,1H3,(H,7,8);/q;+1/p-1. The van der Waals surface area contributed by atoms with Crippen LogP contribution in [0, 0.1) is 0 Å². The minimum atomic E-state index is -1.07. The second kappa shape index (κ2) is 3.43. The van der Waals surface area contributed by atoms with Gasteiger partial charge in [0.1, 0.15) is 5.60 Å². The van der Waals surface area contributed by atoms with Crippen molar-refractivity contribution < 1.29 is 33.5 Å². The molecule has 0 bridgehead atoms. The Kier molecular flexibility index (Phi) is 3.44. The SMILES string of the molecule is CCOC1(C(=O)[O-])CC1.[Li+]. The van der Waals surface area contributed by atoms with Crippen LogP contribution < -0.4 is 24.0 Å².